The molecule has 0 aliphatic carbocycles. The van der Waals surface area contributed by atoms with E-state index in [0.29, 0.717) is 35.8 Å². The maximum atomic E-state index is 12.6. The van der Waals surface area contributed by atoms with E-state index in [1.807, 2.05) is 36.7 Å². The largest absolute Gasteiger partial charge is 0.493 e. The maximum absolute atomic E-state index is 12.6. The van der Waals surface area contributed by atoms with Gasteiger partial charge in [-0.2, -0.15) is 5.10 Å². The molecule has 0 aliphatic rings. The molecule has 7 nitrogen and oxygen atoms in total. The topological polar surface area (TPSA) is 74.6 Å². The van der Waals surface area contributed by atoms with Crippen molar-refractivity contribution in [3.63, 3.8) is 0 Å². The van der Waals surface area contributed by atoms with Crippen LogP contribution in [-0.4, -0.2) is 43.6 Å². The molecule has 0 atom stereocenters. The van der Waals surface area contributed by atoms with Gasteiger partial charge in [0.25, 0.3) is 5.91 Å². The molecule has 0 radical (unpaired) electrons. The molecule has 158 valence electrons. The lowest BCUT2D eigenvalue weighted by atomic mass is 10.1. The fourth-order valence-corrected chi connectivity index (χ4v) is 3.33. The molecular formula is C23H27N3O4. The Morgan fingerprint density at radius 1 is 0.967 bits per heavy atom. The normalized spacial score (nSPS) is 10.6. The van der Waals surface area contributed by atoms with Gasteiger partial charge in [-0.3, -0.25) is 4.79 Å². The Labute approximate surface area is 176 Å². The highest BCUT2D eigenvalue weighted by Gasteiger charge is 2.16. The Morgan fingerprint density at radius 3 is 2.10 bits per heavy atom. The molecule has 30 heavy (non-hydrogen) atoms. The average molecular weight is 409 g/mol. The first kappa shape index (κ1) is 21.2. The number of nitrogens with zero attached hydrogens (tertiary/aromatic N) is 2. The Hall–Kier alpha value is -3.48. The molecule has 1 amide bonds. The van der Waals surface area contributed by atoms with Crippen LogP contribution in [-0.2, 0) is 6.42 Å². The minimum atomic E-state index is -0.200. The summed E-state index contributed by atoms with van der Waals surface area (Å²) in [7, 11) is 4.57. The van der Waals surface area contributed by atoms with Gasteiger partial charge in [-0.05, 0) is 56.2 Å². The first-order chi connectivity index (χ1) is 14.5. The third-order valence-corrected chi connectivity index (χ3v) is 4.82. The Morgan fingerprint density at radius 2 is 1.60 bits per heavy atom. The van der Waals surface area contributed by atoms with E-state index in [1.165, 1.54) is 21.3 Å². The molecule has 0 saturated carbocycles. The van der Waals surface area contributed by atoms with Crippen LogP contribution in [0.4, 0.5) is 0 Å². The molecule has 1 aromatic heterocycles. The third kappa shape index (κ3) is 4.56. The van der Waals surface area contributed by atoms with Gasteiger partial charge in [0.1, 0.15) is 0 Å². The van der Waals surface area contributed by atoms with Gasteiger partial charge in [0.2, 0.25) is 5.75 Å². The average Bonchev–Trinajstić information content (AvgIpc) is 3.10. The van der Waals surface area contributed by atoms with E-state index in [-0.39, 0.29) is 5.91 Å². The summed E-state index contributed by atoms with van der Waals surface area (Å²) in [4.78, 5) is 12.6. The number of aryl methyl sites for hydroxylation is 2. The molecular weight excluding hydrogens is 382 g/mol. The van der Waals surface area contributed by atoms with E-state index in [9.17, 15) is 4.79 Å². The number of ether oxygens (including phenoxy) is 3. The third-order valence-electron chi connectivity index (χ3n) is 4.82. The summed E-state index contributed by atoms with van der Waals surface area (Å²) in [5.41, 5.74) is 4.68. The van der Waals surface area contributed by atoms with Gasteiger partial charge in [0, 0.05) is 17.8 Å². The molecule has 0 saturated heterocycles. The predicted molar refractivity (Wildman–Crippen MR) is 115 cm³/mol. The van der Waals surface area contributed by atoms with Crippen LogP contribution in [0.5, 0.6) is 17.2 Å². The fourth-order valence-electron chi connectivity index (χ4n) is 3.33. The van der Waals surface area contributed by atoms with Crippen LogP contribution < -0.4 is 19.5 Å². The van der Waals surface area contributed by atoms with Crippen molar-refractivity contribution >= 4 is 5.91 Å². The summed E-state index contributed by atoms with van der Waals surface area (Å²) >= 11 is 0. The van der Waals surface area contributed by atoms with E-state index in [2.05, 4.69) is 22.5 Å². The number of carbonyl (C=O) groups is 1. The Kier molecular flexibility index (Phi) is 6.61. The van der Waals surface area contributed by atoms with Crippen LogP contribution >= 0.6 is 0 Å². The standard InChI is InChI=1S/C23H27N3O4/c1-15-12-16(2)26(25-15)19-8-6-17(7-9-19)10-11-24-23(27)18-13-20(28-3)22(30-5)21(14-18)29-4/h6-9,12-14H,10-11H2,1-5H3,(H,24,27). The van der Waals surface area contributed by atoms with Crippen molar-refractivity contribution in [2.75, 3.05) is 27.9 Å². The number of amides is 1. The highest BCUT2D eigenvalue weighted by Crippen LogP contribution is 2.38. The second kappa shape index (κ2) is 9.35. The number of methoxy groups -OCH3 is 3. The first-order valence-corrected chi connectivity index (χ1v) is 9.67. The zero-order valence-corrected chi connectivity index (χ0v) is 18.0. The maximum Gasteiger partial charge on any atom is 0.251 e. The molecule has 0 bridgehead atoms. The van der Waals surface area contributed by atoms with Gasteiger partial charge >= 0.3 is 0 Å². The van der Waals surface area contributed by atoms with Gasteiger partial charge in [-0.15, -0.1) is 0 Å². The van der Waals surface area contributed by atoms with E-state index < -0.39 is 0 Å². The second-order valence-electron chi connectivity index (χ2n) is 6.93. The van der Waals surface area contributed by atoms with Crippen molar-refractivity contribution in [3.05, 3.63) is 65.0 Å². The van der Waals surface area contributed by atoms with Gasteiger partial charge in [-0.1, -0.05) is 12.1 Å². The van der Waals surface area contributed by atoms with Gasteiger partial charge in [0.05, 0.1) is 32.7 Å². The van der Waals surface area contributed by atoms with Crippen LogP contribution in [0.3, 0.4) is 0 Å². The van der Waals surface area contributed by atoms with Crippen LogP contribution in [0.1, 0.15) is 27.3 Å². The fraction of sp³-hybridized carbons (Fsp3) is 0.304. The lowest BCUT2D eigenvalue weighted by Crippen LogP contribution is -2.25. The first-order valence-electron chi connectivity index (χ1n) is 9.67. The molecule has 0 spiro atoms. The number of hydrogen-bond acceptors (Lipinski definition) is 5. The Bertz CT molecular complexity index is 1000. The summed E-state index contributed by atoms with van der Waals surface area (Å²) in [6.07, 6.45) is 0.716. The molecule has 3 rings (SSSR count). The SMILES string of the molecule is COc1cc(C(=O)NCCc2ccc(-n3nc(C)cc3C)cc2)cc(OC)c1OC. The van der Waals surface area contributed by atoms with Crippen molar-refractivity contribution in [3.8, 4) is 22.9 Å². The number of rotatable bonds is 8. The van der Waals surface area contributed by atoms with E-state index in [0.717, 1.165) is 22.6 Å². The number of carbonyl (C=O) groups excluding carboxylic acids is 1. The molecule has 0 aliphatic heterocycles. The lowest BCUT2D eigenvalue weighted by Gasteiger charge is -2.14. The summed E-state index contributed by atoms with van der Waals surface area (Å²) in [6.45, 7) is 4.52. The highest BCUT2D eigenvalue weighted by molar-refractivity contribution is 5.95. The second-order valence-corrected chi connectivity index (χ2v) is 6.93. The van der Waals surface area contributed by atoms with Crippen molar-refractivity contribution in [1.29, 1.82) is 0 Å². The molecule has 3 aromatic rings. The monoisotopic (exact) mass is 409 g/mol. The van der Waals surface area contributed by atoms with Crippen LogP contribution in [0.15, 0.2) is 42.5 Å². The molecule has 0 fully saturated rings. The van der Waals surface area contributed by atoms with Crippen molar-refractivity contribution < 1.29 is 19.0 Å². The smallest absolute Gasteiger partial charge is 0.251 e. The van der Waals surface area contributed by atoms with E-state index >= 15 is 0 Å². The number of benzene rings is 2. The summed E-state index contributed by atoms with van der Waals surface area (Å²) < 4.78 is 17.8. The van der Waals surface area contributed by atoms with Crippen LogP contribution in [0.25, 0.3) is 5.69 Å². The van der Waals surface area contributed by atoms with E-state index in [1.54, 1.807) is 12.1 Å². The lowest BCUT2D eigenvalue weighted by molar-refractivity contribution is 0.0953. The van der Waals surface area contributed by atoms with Gasteiger partial charge in [0.15, 0.2) is 11.5 Å². The van der Waals surface area contributed by atoms with Gasteiger partial charge in [-0.25, -0.2) is 4.68 Å². The summed E-state index contributed by atoms with van der Waals surface area (Å²) in [6, 6.07) is 13.5. The van der Waals surface area contributed by atoms with Crippen molar-refractivity contribution in [1.82, 2.24) is 15.1 Å². The minimum Gasteiger partial charge on any atom is -0.493 e. The molecule has 1 N–H and O–H groups in total. The van der Waals surface area contributed by atoms with Crippen molar-refractivity contribution in [2.24, 2.45) is 0 Å². The minimum absolute atomic E-state index is 0.200. The summed E-state index contributed by atoms with van der Waals surface area (Å²) in [5.74, 6) is 1.15. The zero-order chi connectivity index (χ0) is 21.7. The molecule has 0 unspecified atom stereocenters. The van der Waals surface area contributed by atoms with E-state index in [4.69, 9.17) is 14.2 Å². The van der Waals surface area contributed by atoms with Crippen molar-refractivity contribution in [2.45, 2.75) is 20.3 Å². The molecule has 1 heterocycles. The summed E-state index contributed by atoms with van der Waals surface area (Å²) in [5, 5.41) is 7.44. The Balaban J connectivity index is 1.62. The molecule has 7 heteroatoms. The quantitative estimate of drug-likeness (QED) is 0.616. The number of hydrogen-bond donors (Lipinski definition) is 1. The number of nitrogens with one attached hydrogen (secondary N) is 1. The zero-order valence-electron chi connectivity index (χ0n) is 18.0. The highest BCUT2D eigenvalue weighted by atomic mass is 16.5. The number of aromatic nitrogens is 2. The van der Waals surface area contributed by atoms with Gasteiger partial charge < -0.3 is 19.5 Å². The van der Waals surface area contributed by atoms with Crippen LogP contribution in [0, 0.1) is 13.8 Å². The molecule has 2 aromatic carbocycles. The predicted octanol–water partition coefficient (Wildman–Crippen LogP) is 3.49. The van der Waals surface area contributed by atoms with Crippen LogP contribution in [0.2, 0.25) is 0 Å².